The Bertz CT molecular complexity index is 1220. The van der Waals surface area contributed by atoms with Gasteiger partial charge in [-0.3, -0.25) is 4.79 Å². The Kier molecular flexibility index (Phi) is 4.28. The van der Waals surface area contributed by atoms with Crippen LogP contribution in [0.2, 0.25) is 0 Å². The molecule has 2 aromatic carbocycles. The molecule has 0 aliphatic carbocycles. The van der Waals surface area contributed by atoms with E-state index < -0.39 is 0 Å². The molecule has 1 aliphatic rings. The maximum atomic E-state index is 13.6. The lowest BCUT2D eigenvalue weighted by Crippen LogP contribution is -2.36. The van der Waals surface area contributed by atoms with Gasteiger partial charge in [0.25, 0.3) is 5.91 Å². The fraction of sp³-hybridized carbons (Fsp3) is 0.167. The topological polar surface area (TPSA) is 59.0 Å². The largest absolute Gasteiger partial charge is 0.334 e. The van der Waals surface area contributed by atoms with E-state index in [1.807, 2.05) is 42.2 Å². The summed E-state index contributed by atoms with van der Waals surface area (Å²) in [5.74, 6) is 0.0376. The van der Waals surface area contributed by atoms with Crippen LogP contribution in [-0.2, 0) is 13.0 Å². The van der Waals surface area contributed by atoms with Crippen molar-refractivity contribution in [2.45, 2.75) is 19.9 Å². The smallest absolute Gasteiger partial charge is 0.254 e. The van der Waals surface area contributed by atoms with E-state index in [4.69, 9.17) is 4.98 Å². The van der Waals surface area contributed by atoms with Crippen LogP contribution < -0.4 is 0 Å². The molecule has 1 aliphatic heterocycles. The molecule has 0 fully saturated rings. The normalized spacial score (nSPS) is 13.3. The van der Waals surface area contributed by atoms with Gasteiger partial charge in [-0.2, -0.15) is 0 Å². The molecule has 5 rings (SSSR count). The Labute approximate surface area is 169 Å². The molecule has 4 aromatic rings. The van der Waals surface area contributed by atoms with Crippen LogP contribution in [-0.4, -0.2) is 32.3 Å². The van der Waals surface area contributed by atoms with E-state index in [1.165, 1.54) is 17.5 Å². The number of aryl methyl sites for hydroxylation is 1. The van der Waals surface area contributed by atoms with E-state index in [0.29, 0.717) is 17.8 Å². The molecule has 0 unspecified atom stereocenters. The van der Waals surface area contributed by atoms with Crippen LogP contribution in [0.5, 0.6) is 0 Å². The van der Waals surface area contributed by atoms with Crippen molar-refractivity contribution in [1.82, 2.24) is 19.9 Å². The van der Waals surface area contributed by atoms with E-state index in [-0.39, 0.29) is 5.91 Å². The van der Waals surface area contributed by atoms with Gasteiger partial charge >= 0.3 is 0 Å². The van der Waals surface area contributed by atoms with Gasteiger partial charge in [-0.15, -0.1) is 0 Å². The third-order valence-electron chi connectivity index (χ3n) is 5.55. The van der Waals surface area contributed by atoms with Crippen LogP contribution in [0.4, 0.5) is 0 Å². The minimum Gasteiger partial charge on any atom is -0.334 e. The third kappa shape index (κ3) is 3.14. The van der Waals surface area contributed by atoms with Crippen LogP contribution in [0.15, 0.2) is 67.3 Å². The second-order valence-corrected chi connectivity index (χ2v) is 7.40. The predicted octanol–water partition coefficient (Wildman–Crippen LogP) is 4.20. The van der Waals surface area contributed by atoms with Crippen LogP contribution in [0.25, 0.3) is 22.2 Å². The Morgan fingerprint density at radius 1 is 1.00 bits per heavy atom. The molecule has 0 spiro atoms. The van der Waals surface area contributed by atoms with Gasteiger partial charge in [-0.05, 0) is 36.1 Å². The molecular weight excluding hydrogens is 360 g/mol. The highest BCUT2D eigenvalue weighted by Gasteiger charge is 2.24. The summed E-state index contributed by atoms with van der Waals surface area (Å²) in [6, 6.07) is 16.2. The number of hydrogen-bond acceptors (Lipinski definition) is 4. The summed E-state index contributed by atoms with van der Waals surface area (Å²) in [4.78, 5) is 28.6. The van der Waals surface area contributed by atoms with Gasteiger partial charge in [0.1, 0.15) is 6.33 Å². The van der Waals surface area contributed by atoms with Gasteiger partial charge in [0.05, 0.1) is 16.8 Å². The van der Waals surface area contributed by atoms with Crippen molar-refractivity contribution < 1.29 is 4.79 Å². The number of carbonyl (C=O) groups is 1. The van der Waals surface area contributed by atoms with Gasteiger partial charge in [-0.1, -0.05) is 42.5 Å². The Morgan fingerprint density at radius 3 is 2.62 bits per heavy atom. The first-order valence-corrected chi connectivity index (χ1v) is 9.72. The highest BCUT2D eigenvalue weighted by molar-refractivity contribution is 6.07. The molecule has 1 amide bonds. The molecule has 0 radical (unpaired) electrons. The summed E-state index contributed by atoms with van der Waals surface area (Å²) < 4.78 is 0. The van der Waals surface area contributed by atoms with Crippen molar-refractivity contribution in [3.8, 4) is 11.3 Å². The number of amides is 1. The first-order chi connectivity index (χ1) is 14.2. The monoisotopic (exact) mass is 380 g/mol. The minimum atomic E-state index is 0.0376. The van der Waals surface area contributed by atoms with Crippen LogP contribution in [0.1, 0.15) is 27.0 Å². The second kappa shape index (κ2) is 7.09. The van der Waals surface area contributed by atoms with Crippen molar-refractivity contribution >= 4 is 16.8 Å². The van der Waals surface area contributed by atoms with E-state index in [1.54, 1.807) is 12.4 Å². The van der Waals surface area contributed by atoms with Gasteiger partial charge in [0, 0.05) is 36.4 Å². The van der Waals surface area contributed by atoms with Gasteiger partial charge in [-0.25, -0.2) is 15.0 Å². The van der Waals surface area contributed by atoms with Gasteiger partial charge in [0.15, 0.2) is 0 Å². The van der Waals surface area contributed by atoms with Gasteiger partial charge < -0.3 is 4.90 Å². The summed E-state index contributed by atoms with van der Waals surface area (Å²) in [6.45, 7) is 3.37. The first kappa shape index (κ1) is 17.5. The quantitative estimate of drug-likeness (QED) is 0.523. The van der Waals surface area contributed by atoms with Crippen LogP contribution in [0.3, 0.4) is 0 Å². The first-order valence-electron chi connectivity index (χ1n) is 9.72. The minimum absolute atomic E-state index is 0.0376. The molecule has 5 heteroatoms. The number of carbonyl (C=O) groups excluding carboxylic acids is 1. The Balaban J connectivity index is 1.62. The summed E-state index contributed by atoms with van der Waals surface area (Å²) in [5, 5.41) is 0.884. The molecule has 5 nitrogen and oxygen atoms in total. The van der Waals surface area contributed by atoms with Crippen molar-refractivity contribution in [2.75, 3.05) is 6.54 Å². The molecule has 0 N–H and O–H groups in total. The summed E-state index contributed by atoms with van der Waals surface area (Å²) in [7, 11) is 0. The van der Waals surface area contributed by atoms with Crippen LogP contribution in [0, 0.1) is 6.92 Å². The molecule has 2 aromatic heterocycles. The zero-order valence-corrected chi connectivity index (χ0v) is 16.2. The number of fused-ring (bicyclic) bond motifs is 2. The summed E-state index contributed by atoms with van der Waals surface area (Å²) in [6.07, 6.45) is 5.83. The van der Waals surface area contributed by atoms with E-state index in [9.17, 15) is 4.79 Å². The molecular formula is C24H20N4O. The molecule has 29 heavy (non-hydrogen) atoms. The lowest BCUT2D eigenvalue weighted by atomic mass is 9.97. The maximum absolute atomic E-state index is 13.6. The van der Waals surface area contributed by atoms with Crippen LogP contribution >= 0.6 is 0 Å². The van der Waals surface area contributed by atoms with Crippen molar-refractivity contribution in [2.24, 2.45) is 0 Å². The number of para-hydroxylation sites is 1. The number of rotatable bonds is 2. The van der Waals surface area contributed by atoms with Gasteiger partial charge in [0.2, 0.25) is 0 Å². The highest BCUT2D eigenvalue weighted by Crippen LogP contribution is 2.28. The number of pyridine rings is 1. The lowest BCUT2D eigenvalue weighted by Gasteiger charge is -2.29. The average Bonchev–Trinajstić information content (AvgIpc) is 2.78. The molecule has 0 atom stereocenters. The maximum Gasteiger partial charge on any atom is 0.254 e. The number of benzene rings is 2. The standard InChI is InChI=1S/C24H20N4O/c1-16-5-4-8-20-21(11-22(27-23(16)20)19-12-25-15-26-13-19)24(29)28-10-9-17-6-2-3-7-18(17)14-28/h2-8,11-13,15H,9-10,14H2,1H3. The molecule has 0 saturated carbocycles. The molecule has 3 heterocycles. The second-order valence-electron chi connectivity index (χ2n) is 7.40. The molecule has 0 saturated heterocycles. The van der Waals surface area contributed by atoms with Crippen molar-refractivity contribution in [3.05, 3.63) is 89.5 Å². The highest BCUT2D eigenvalue weighted by atomic mass is 16.2. The number of hydrogen-bond donors (Lipinski definition) is 0. The summed E-state index contributed by atoms with van der Waals surface area (Å²) in [5.41, 5.74) is 6.63. The zero-order chi connectivity index (χ0) is 19.8. The summed E-state index contributed by atoms with van der Waals surface area (Å²) >= 11 is 0. The number of nitrogens with zero attached hydrogens (tertiary/aromatic N) is 4. The SMILES string of the molecule is Cc1cccc2c(C(=O)N3CCc4ccccc4C3)cc(-c3cncnc3)nc12. The predicted molar refractivity (Wildman–Crippen MR) is 112 cm³/mol. The van der Waals surface area contributed by atoms with E-state index in [0.717, 1.165) is 35.0 Å². The molecule has 142 valence electrons. The lowest BCUT2D eigenvalue weighted by molar-refractivity contribution is 0.0736. The van der Waals surface area contributed by atoms with E-state index >= 15 is 0 Å². The Morgan fingerprint density at radius 2 is 1.79 bits per heavy atom. The zero-order valence-electron chi connectivity index (χ0n) is 16.2. The fourth-order valence-electron chi connectivity index (χ4n) is 3.99. The van der Waals surface area contributed by atoms with E-state index in [2.05, 4.69) is 28.2 Å². The number of aromatic nitrogens is 3. The fourth-order valence-corrected chi connectivity index (χ4v) is 3.99. The third-order valence-corrected chi connectivity index (χ3v) is 5.55. The Hall–Kier alpha value is -3.60. The molecule has 0 bridgehead atoms. The van der Waals surface area contributed by atoms with Crippen molar-refractivity contribution in [3.63, 3.8) is 0 Å². The van der Waals surface area contributed by atoms with Crippen molar-refractivity contribution in [1.29, 1.82) is 0 Å². The average molecular weight is 380 g/mol.